The molecule has 0 spiro atoms. The third kappa shape index (κ3) is 6.52. The molecule has 1 saturated carbocycles. The monoisotopic (exact) mass is 572 g/mol. The molecule has 0 saturated heterocycles. The first-order chi connectivity index (χ1) is 18.5. The zero-order chi connectivity index (χ0) is 29.6. The second kappa shape index (κ2) is 10.6. The summed E-state index contributed by atoms with van der Waals surface area (Å²) in [6.07, 6.45) is 2.09. The molecule has 10 heteroatoms. The molecule has 0 bridgehead atoms. The van der Waals surface area contributed by atoms with Crippen LogP contribution in [0, 0.1) is 0 Å². The van der Waals surface area contributed by atoms with Gasteiger partial charge in [0.25, 0.3) is 5.56 Å². The quantitative estimate of drug-likeness (QED) is 0.365. The minimum atomic E-state index is -0.842. The molecule has 1 fully saturated rings. The van der Waals surface area contributed by atoms with E-state index in [2.05, 4.69) is 5.32 Å². The molecule has 1 aromatic carbocycles. The van der Waals surface area contributed by atoms with Crippen molar-refractivity contribution in [3.8, 4) is 11.1 Å². The highest BCUT2D eigenvalue weighted by atomic mass is 35.5. The van der Waals surface area contributed by atoms with Crippen LogP contribution in [0.2, 0.25) is 5.02 Å². The molecule has 1 amide bonds. The van der Waals surface area contributed by atoms with E-state index in [1.165, 1.54) is 17.7 Å². The Bertz CT molecular complexity index is 1410. The number of fused-ring (bicyclic) bond motifs is 1. The van der Waals surface area contributed by atoms with Crippen molar-refractivity contribution < 1.29 is 28.6 Å². The zero-order valence-corrected chi connectivity index (χ0v) is 24.9. The van der Waals surface area contributed by atoms with Gasteiger partial charge in [0.15, 0.2) is 0 Å². The van der Waals surface area contributed by atoms with E-state index in [0.29, 0.717) is 41.1 Å². The summed E-state index contributed by atoms with van der Waals surface area (Å²) in [7, 11) is 1.28. The van der Waals surface area contributed by atoms with Crippen LogP contribution in [-0.2, 0) is 31.8 Å². The van der Waals surface area contributed by atoms with Crippen molar-refractivity contribution in [3.63, 3.8) is 0 Å². The van der Waals surface area contributed by atoms with E-state index in [9.17, 15) is 19.2 Å². The number of nitrogens with zero attached hydrogens (tertiary/aromatic N) is 1. The minimum Gasteiger partial charge on any atom is -0.465 e. The number of methoxy groups -OCH3 is 1. The molecule has 9 nitrogen and oxygen atoms in total. The number of hydrogen-bond donors (Lipinski definition) is 1. The fraction of sp³-hybridized carbons (Fsp3) is 0.533. The summed E-state index contributed by atoms with van der Waals surface area (Å²) >= 11 is 6.41. The van der Waals surface area contributed by atoms with Crippen LogP contribution in [0.5, 0.6) is 0 Å². The van der Waals surface area contributed by atoms with Gasteiger partial charge in [-0.1, -0.05) is 17.7 Å². The van der Waals surface area contributed by atoms with Crippen LogP contribution in [-0.4, -0.2) is 46.4 Å². The van der Waals surface area contributed by atoms with Gasteiger partial charge in [-0.05, 0) is 96.9 Å². The van der Waals surface area contributed by atoms with Crippen LogP contribution in [0.3, 0.4) is 0 Å². The fourth-order valence-electron chi connectivity index (χ4n) is 5.13. The molecule has 216 valence electrons. The lowest BCUT2D eigenvalue weighted by atomic mass is 9.91. The highest BCUT2D eigenvalue weighted by Gasteiger charge is 2.45. The van der Waals surface area contributed by atoms with Crippen molar-refractivity contribution in [1.82, 2.24) is 9.88 Å². The lowest BCUT2D eigenvalue weighted by molar-refractivity contribution is -0.158. The number of esters is 2. The number of ether oxygens (including phenoxy) is 3. The molecule has 2 aliphatic rings. The van der Waals surface area contributed by atoms with Crippen LogP contribution < -0.4 is 10.9 Å². The Morgan fingerprint density at radius 3 is 2.25 bits per heavy atom. The lowest BCUT2D eigenvalue weighted by Gasteiger charge is -2.25. The van der Waals surface area contributed by atoms with E-state index in [0.717, 1.165) is 18.4 Å². The Morgan fingerprint density at radius 2 is 1.68 bits per heavy atom. The Morgan fingerprint density at radius 1 is 1.02 bits per heavy atom. The first-order valence-corrected chi connectivity index (χ1v) is 13.8. The molecule has 1 atom stereocenters. The number of rotatable bonds is 6. The van der Waals surface area contributed by atoms with Crippen LogP contribution >= 0.6 is 11.6 Å². The predicted octanol–water partition coefficient (Wildman–Crippen LogP) is 5.38. The van der Waals surface area contributed by atoms with Gasteiger partial charge in [-0.2, -0.15) is 0 Å². The maximum absolute atomic E-state index is 13.5. The number of aromatic nitrogens is 1. The standard InChI is InChI=1S/C30H37ClN2O7/c1-28(2,3)39-25(35)22-11-10-21-24(26(36)38-7)20(15-23(34)33(21)22)19-14-18(31)9-8-17(19)16-30(12-13-30)32-27(37)40-29(4,5)6/h8-9,14-15,22H,10-13,16H2,1-7H3,(H,32,37). The summed E-state index contributed by atoms with van der Waals surface area (Å²) in [5, 5.41) is 3.42. The molecule has 2 aromatic rings. The maximum atomic E-state index is 13.5. The number of alkyl carbamates (subject to hydrolysis) is 1. The van der Waals surface area contributed by atoms with Crippen molar-refractivity contribution in [3.05, 3.63) is 56.5 Å². The number of amides is 1. The third-order valence-corrected chi connectivity index (χ3v) is 7.13. The maximum Gasteiger partial charge on any atom is 0.408 e. The molecule has 40 heavy (non-hydrogen) atoms. The van der Waals surface area contributed by atoms with Crippen LogP contribution in [0.1, 0.15) is 88.5 Å². The Labute approximate surface area is 239 Å². The summed E-state index contributed by atoms with van der Waals surface area (Å²) in [6, 6.07) is 5.79. The smallest absolute Gasteiger partial charge is 0.408 e. The van der Waals surface area contributed by atoms with Crippen LogP contribution in [0.15, 0.2) is 29.1 Å². The van der Waals surface area contributed by atoms with Crippen molar-refractivity contribution in [2.75, 3.05) is 7.11 Å². The van der Waals surface area contributed by atoms with Gasteiger partial charge in [-0.25, -0.2) is 14.4 Å². The predicted molar refractivity (Wildman–Crippen MR) is 151 cm³/mol. The number of benzene rings is 1. The Balaban J connectivity index is 1.78. The highest BCUT2D eigenvalue weighted by molar-refractivity contribution is 6.31. The van der Waals surface area contributed by atoms with Gasteiger partial charge < -0.3 is 19.5 Å². The van der Waals surface area contributed by atoms with E-state index in [4.69, 9.17) is 25.8 Å². The molecule has 1 aromatic heterocycles. The van der Waals surface area contributed by atoms with Gasteiger partial charge in [0.1, 0.15) is 17.2 Å². The van der Waals surface area contributed by atoms with Gasteiger partial charge in [0.2, 0.25) is 0 Å². The summed E-state index contributed by atoms with van der Waals surface area (Å²) in [4.78, 5) is 52.2. The average Bonchev–Trinajstić information content (AvgIpc) is 3.40. The fourth-order valence-corrected chi connectivity index (χ4v) is 5.31. The number of hydrogen-bond acceptors (Lipinski definition) is 7. The average molecular weight is 573 g/mol. The molecule has 0 radical (unpaired) electrons. The van der Waals surface area contributed by atoms with Gasteiger partial charge in [-0.15, -0.1) is 0 Å². The van der Waals surface area contributed by atoms with Crippen molar-refractivity contribution in [1.29, 1.82) is 0 Å². The molecule has 4 rings (SSSR count). The van der Waals surface area contributed by atoms with E-state index < -0.39 is 46.4 Å². The molecule has 1 unspecified atom stereocenters. The second-order valence-corrected chi connectivity index (χ2v) is 13.0. The normalized spacial score (nSPS) is 17.6. The number of carbonyl (C=O) groups is 3. The van der Waals surface area contributed by atoms with Crippen molar-refractivity contribution >= 4 is 29.6 Å². The SMILES string of the molecule is COC(=O)c1c(-c2cc(Cl)ccc2CC2(NC(=O)OC(C)(C)C)CC2)cc(=O)n2c1CCC2C(=O)OC(C)(C)C. The molecular weight excluding hydrogens is 536 g/mol. The number of carbonyl (C=O) groups excluding carboxylic acids is 3. The Hall–Kier alpha value is -3.33. The van der Waals surface area contributed by atoms with Gasteiger partial charge in [0.05, 0.1) is 12.7 Å². The molecule has 2 heterocycles. The highest BCUT2D eigenvalue weighted by Crippen LogP contribution is 2.43. The minimum absolute atomic E-state index is 0.210. The molecular formula is C30H37ClN2O7. The number of pyridine rings is 1. The molecule has 1 N–H and O–H groups in total. The van der Waals surface area contributed by atoms with E-state index in [-0.39, 0.29) is 5.56 Å². The largest absolute Gasteiger partial charge is 0.465 e. The van der Waals surface area contributed by atoms with Crippen molar-refractivity contribution in [2.24, 2.45) is 0 Å². The van der Waals surface area contributed by atoms with E-state index in [1.807, 2.05) is 6.07 Å². The van der Waals surface area contributed by atoms with Crippen LogP contribution in [0.4, 0.5) is 4.79 Å². The summed E-state index contributed by atoms with van der Waals surface area (Å²) in [6.45, 7) is 10.7. The van der Waals surface area contributed by atoms with Gasteiger partial charge in [0, 0.05) is 27.9 Å². The topological polar surface area (TPSA) is 113 Å². The van der Waals surface area contributed by atoms with Crippen molar-refractivity contribution in [2.45, 2.75) is 96.4 Å². The number of nitrogens with one attached hydrogen (secondary N) is 1. The van der Waals surface area contributed by atoms with Gasteiger partial charge >= 0.3 is 18.0 Å². The van der Waals surface area contributed by atoms with E-state index in [1.54, 1.807) is 53.7 Å². The second-order valence-electron chi connectivity index (χ2n) is 12.6. The first kappa shape index (κ1) is 29.6. The van der Waals surface area contributed by atoms with E-state index >= 15 is 0 Å². The van der Waals surface area contributed by atoms with Gasteiger partial charge in [-0.3, -0.25) is 9.36 Å². The Kier molecular flexibility index (Phi) is 7.84. The first-order valence-electron chi connectivity index (χ1n) is 13.4. The molecule has 1 aliphatic heterocycles. The molecule has 1 aliphatic carbocycles. The van der Waals surface area contributed by atoms with Crippen LogP contribution in [0.25, 0.3) is 11.1 Å². The number of halogens is 1. The summed E-state index contributed by atoms with van der Waals surface area (Å²) in [5.74, 6) is -1.15. The summed E-state index contributed by atoms with van der Waals surface area (Å²) in [5.41, 5.74) is 0.0974. The summed E-state index contributed by atoms with van der Waals surface area (Å²) < 4.78 is 17.5. The lowest BCUT2D eigenvalue weighted by Crippen LogP contribution is -2.42. The zero-order valence-electron chi connectivity index (χ0n) is 24.1. The third-order valence-electron chi connectivity index (χ3n) is 6.90.